The molecule has 2 fully saturated rings. The topological polar surface area (TPSA) is 29.5 Å². The van der Waals surface area contributed by atoms with E-state index in [0.717, 1.165) is 19.4 Å². The van der Waals surface area contributed by atoms with E-state index in [1.54, 1.807) is 0 Å². The summed E-state index contributed by atoms with van der Waals surface area (Å²) in [6.45, 7) is 5.88. The predicted octanol–water partition coefficient (Wildman–Crippen LogP) is 3.50. The molecule has 3 nitrogen and oxygen atoms in total. The van der Waals surface area contributed by atoms with Crippen molar-refractivity contribution >= 4 is 7.52 Å². The van der Waals surface area contributed by atoms with Crippen molar-refractivity contribution in [2.75, 3.05) is 20.2 Å². The minimum Gasteiger partial charge on any atom is -0.317 e. The fourth-order valence-corrected chi connectivity index (χ4v) is 6.02. The van der Waals surface area contributed by atoms with Crippen LogP contribution in [0, 0.1) is 5.41 Å². The highest BCUT2D eigenvalue weighted by Gasteiger charge is 2.45. The summed E-state index contributed by atoms with van der Waals surface area (Å²) in [6, 6.07) is 0. The third-order valence-electron chi connectivity index (χ3n) is 3.81. The largest absolute Gasteiger partial charge is 0.317 e. The van der Waals surface area contributed by atoms with Gasteiger partial charge in [0.1, 0.15) is 0 Å². The van der Waals surface area contributed by atoms with Gasteiger partial charge in [0.15, 0.2) is 0 Å². The third-order valence-corrected chi connectivity index (χ3v) is 6.84. The molecule has 1 saturated carbocycles. The van der Waals surface area contributed by atoms with Crippen molar-refractivity contribution in [1.29, 1.82) is 0 Å². The van der Waals surface area contributed by atoms with E-state index in [9.17, 15) is 4.57 Å². The van der Waals surface area contributed by atoms with Crippen LogP contribution in [0.1, 0.15) is 46.0 Å². The first-order valence-electron chi connectivity index (χ1n) is 6.40. The van der Waals surface area contributed by atoms with E-state index in [1.807, 2.05) is 11.7 Å². The Bertz CT molecular complexity index is 297. The van der Waals surface area contributed by atoms with Gasteiger partial charge in [-0.1, -0.05) is 33.1 Å². The fourth-order valence-electron chi connectivity index (χ4n) is 2.92. The van der Waals surface area contributed by atoms with Gasteiger partial charge in [-0.15, -0.1) is 0 Å². The van der Waals surface area contributed by atoms with Crippen LogP contribution in [-0.2, 0) is 9.09 Å². The maximum atomic E-state index is 12.9. The van der Waals surface area contributed by atoms with Crippen LogP contribution in [-0.4, -0.2) is 30.5 Å². The Hall–Kier alpha value is 0.150. The minimum atomic E-state index is -2.53. The summed E-state index contributed by atoms with van der Waals surface area (Å²) >= 11 is 0. The first kappa shape index (κ1) is 12.6. The van der Waals surface area contributed by atoms with Gasteiger partial charge in [-0.05, 0) is 19.9 Å². The second-order valence-electron chi connectivity index (χ2n) is 6.11. The molecule has 1 aliphatic carbocycles. The van der Waals surface area contributed by atoms with E-state index in [0.29, 0.717) is 12.3 Å². The Labute approximate surface area is 99.0 Å². The molecule has 1 heterocycles. The molecule has 0 aromatic heterocycles. The van der Waals surface area contributed by atoms with Crippen molar-refractivity contribution in [1.82, 2.24) is 4.67 Å². The summed E-state index contributed by atoms with van der Waals surface area (Å²) in [5, 5.41) is 0. The van der Waals surface area contributed by atoms with Crippen LogP contribution in [0.4, 0.5) is 0 Å². The average Bonchev–Trinajstić information content (AvgIpc) is 2.25. The van der Waals surface area contributed by atoms with Crippen molar-refractivity contribution in [3.8, 4) is 0 Å². The Morgan fingerprint density at radius 1 is 1.25 bits per heavy atom. The van der Waals surface area contributed by atoms with Crippen molar-refractivity contribution in [3.63, 3.8) is 0 Å². The van der Waals surface area contributed by atoms with E-state index < -0.39 is 7.52 Å². The van der Waals surface area contributed by atoms with E-state index in [-0.39, 0.29) is 5.41 Å². The molecule has 1 saturated heterocycles. The summed E-state index contributed by atoms with van der Waals surface area (Å²) < 4.78 is 20.7. The Morgan fingerprint density at radius 3 is 2.44 bits per heavy atom. The normalized spacial score (nSPS) is 37.4. The first-order valence-corrected chi connectivity index (χ1v) is 8.05. The highest BCUT2D eigenvalue weighted by molar-refractivity contribution is 7.57. The lowest BCUT2D eigenvalue weighted by Crippen LogP contribution is -2.41. The van der Waals surface area contributed by atoms with Gasteiger partial charge in [-0.3, -0.25) is 4.57 Å². The van der Waals surface area contributed by atoms with Crippen LogP contribution in [0.15, 0.2) is 0 Å². The maximum Gasteiger partial charge on any atom is 0.275 e. The molecule has 94 valence electrons. The average molecular weight is 245 g/mol. The molecule has 1 aliphatic heterocycles. The van der Waals surface area contributed by atoms with Gasteiger partial charge in [0.25, 0.3) is 7.52 Å². The zero-order valence-corrected chi connectivity index (χ0v) is 11.6. The van der Waals surface area contributed by atoms with Gasteiger partial charge in [0, 0.05) is 12.0 Å². The number of nitrogens with zero attached hydrogens (tertiary/aromatic N) is 1. The molecule has 0 radical (unpaired) electrons. The van der Waals surface area contributed by atoms with Gasteiger partial charge < -0.3 is 4.52 Å². The lowest BCUT2D eigenvalue weighted by Gasteiger charge is -2.44. The second-order valence-corrected chi connectivity index (χ2v) is 8.91. The fraction of sp³-hybridized carbons (Fsp3) is 1.00. The van der Waals surface area contributed by atoms with Gasteiger partial charge in [0.2, 0.25) is 0 Å². The van der Waals surface area contributed by atoms with Crippen LogP contribution in [0.2, 0.25) is 0 Å². The Balaban J connectivity index is 2.09. The molecule has 0 bridgehead atoms. The molecule has 0 spiro atoms. The summed E-state index contributed by atoms with van der Waals surface area (Å²) in [6.07, 6.45) is 5.90. The van der Waals surface area contributed by atoms with Crippen molar-refractivity contribution < 1.29 is 9.09 Å². The van der Waals surface area contributed by atoms with Crippen molar-refractivity contribution in [2.24, 2.45) is 5.41 Å². The zero-order valence-electron chi connectivity index (χ0n) is 10.7. The second kappa shape index (κ2) is 4.44. The molecule has 0 aromatic rings. The molecule has 0 amide bonds. The van der Waals surface area contributed by atoms with Crippen LogP contribution < -0.4 is 0 Å². The van der Waals surface area contributed by atoms with Crippen LogP contribution in [0.5, 0.6) is 0 Å². The molecule has 16 heavy (non-hydrogen) atoms. The van der Waals surface area contributed by atoms with E-state index >= 15 is 0 Å². The van der Waals surface area contributed by atoms with Crippen LogP contribution >= 0.6 is 7.52 Å². The quantitative estimate of drug-likeness (QED) is 0.662. The summed E-state index contributed by atoms with van der Waals surface area (Å²) in [7, 11) is -0.558. The van der Waals surface area contributed by atoms with E-state index in [1.165, 1.54) is 19.3 Å². The molecule has 4 heteroatoms. The van der Waals surface area contributed by atoms with Gasteiger partial charge >= 0.3 is 0 Å². The number of rotatable bonds is 1. The summed E-state index contributed by atoms with van der Waals surface area (Å²) in [4.78, 5) is 0. The molecular weight excluding hydrogens is 221 g/mol. The molecule has 2 rings (SSSR count). The predicted molar refractivity (Wildman–Crippen MR) is 66.8 cm³/mol. The molecular formula is C12H24NO2P. The highest BCUT2D eigenvalue weighted by atomic mass is 31.2. The van der Waals surface area contributed by atoms with Crippen molar-refractivity contribution in [2.45, 2.75) is 51.6 Å². The Kier molecular flexibility index (Phi) is 3.49. The van der Waals surface area contributed by atoms with Gasteiger partial charge in [-0.25, -0.2) is 4.67 Å². The lowest BCUT2D eigenvalue weighted by atomic mass is 9.95. The van der Waals surface area contributed by atoms with Crippen LogP contribution in [0.25, 0.3) is 0 Å². The maximum absolute atomic E-state index is 12.9. The first-order chi connectivity index (χ1) is 7.44. The molecule has 0 aromatic carbocycles. The lowest BCUT2D eigenvalue weighted by molar-refractivity contribution is 0.0988. The monoisotopic (exact) mass is 245 g/mol. The zero-order chi connectivity index (χ0) is 11.8. The number of hydrogen-bond donors (Lipinski definition) is 0. The van der Waals surface area contributed by atoms with Crippen LogP contribution in [0.3, 0.4) is 0 Å². The third kappa shape index (κ3) is 2.37. The Morgan fingerprint density at radius 2 is 1.88 bits per heavy atom. The number of hydrogen-bond acceptors (Lipinski definition) is 2. The molecule has 1 atom stereocenters. The summed E-state index contributed by atoms with van der Waals surface area (Å²) in [5.74, 6) is 0. The molecule has 2 aliphatic rings. The smallest absolute Gasteiger partial charge is 0.275 e. The van der Waals surface area contributed by atoms with Crippen molar-refractivity contribution in [3.05, 3.63) is 0 Å². The molecule has 0 N–H and O–H groups in total. The summed E-state index contributed by atoms with van der Waals surface area (Å²) in [5.41, 5.74) is 0.430. The van der Waals surface area contributed by atoms with E-state index in [4.69, 9.17) is 4.52 Å². The van der Waals surface area contributed by atoms with E-state index in [2.05, 4.69) is 13.8 Å². The van der Waals surface area contributed by atoms with Gasteiger partial charge in [-0.2, -0.15) is 0 Å². The minimum absolute atomic E-state index is 0.136. The SMILES string of the molecule is CN1CC(C)(C)COP1(=O)C1CCCCC1. The highest BCUT2D eigenvalue weighted by Crippen LogP contribution is 2.61. The standard InChI is InChI=1S/C12H24NO2P/c1-12(2)9-13(3)16(14,15-10-12)11-7-5-4-6-8-11/h11H,4-10H2,1-3H3. The van der Waals surface area contributed by atoms with Gasteiger partial charge in [0.05, 0.1) is 12.3 Å². The molecule has 1 unspecified atom stereocenters.